The van der Waals surface area contributed by atoms with Crippen molar-refractivity contribution in [1.29, 1.82) is 0 Å². The van der Waals surface area contributed by atoms with Crippen LogP contribution in [-0.4, -0.2) is 5.91 Å². The highest BCUT2D eigenvalue weighted by Gasteiger charge is 2.25. The van der Waals surface area contributed by atoms with Crippen LogP contribution in [0, 0.1) is 0 Å². The summed E-state index contributed by atoms with van der Waals surface area (Å²) in [5.74, 6) is 0.123. The van der Waals surface area contributed by atoms with Crippen LogP contribution in [0.25, 0.3) is 0 Å². The fraction of sp³-hybridized carbons (Fsp3) is 0.222. The zero-order valence-corrected chi connectivity index (χ0v) is 6.29. The summed E-state index contributed by atoms with van der Waals surface area (Å²) >= 11 is 0. The van der Waals surface area contributed by atoms with E-state index in [-0.39, 0.29) is 11.8 Å². The Hall–Kier alpha value is -1.31. The minimum Gasteiger partial charge on any atom is -0.325 e. The number of carbonyl (C=O) groups excluding carboxylic acids is 1. The molecule has 0 aromatic heterocycles. The van der Waals surface area contributed by atoms with Gasteiger partial charge in [0.2, 0.25) is 5.91 Å². The third kappa shape index (κ3) is 0.827. The van der Waals surface area contributed by atoms with Gasteiger partial charge in [-0.1, -0.05) is 18.2 Å². The monoisotopic (exact) mass is 147 g/mol. The van der Waals surface area contributed by atoms with Crippen molar-refractivity contribution in [3.8, 4) is 0 Å². The summed E-state index contributed by atoms with van der Waals surface area (Å²) in [6.45, 7) is 1.92. The molecule has 1 aliphatic heterocycles. The van der Waals surface area contributed by atoms with Gasteiger partial charge in [0, 0.05) is 5.69 Å². The molecule has 2 nitrogen and oxygen atoms in total. The van der Waals surface area contributed by atoms with E-state index < -0.39 is 0 Å². The van der Waals surface area contributed by atoms with E-state index in [0.29, 0.717) is 0 Å². The average Bonchev–Trinajstić information content (AvgIpc) is 2.30. The van der Waals surface area contributed by atoms with Crippen molar-refractivity contribution in [2.24, 2.45) is 0 Å². The van der Waals surface area contributed by atoms with Crippen LogP contribution in [0.4, 0.5) is 5.69 Å². The first kappa shape index (κ1) is 6.40. The van der Waals surface area contributed by atoms with Gasteiger partial charge in [0.1, 0.15) is 0 Å². The second-order valence-corrected chi connectivity index (χ2v) is 2.80. The molecule has 1 amide bonds. The van der Waals surface area contributed by atoms with E-state index >= 15 is 0 Å². The van der Waals surface area contributed by atoms with Gasteiger partial charge in [-0.25, -0.2) is 0 Å². The second kappa shape index (κ2) is 2.09. The number of nitrogens with one attached hydrogen (secondary N) is 1. The fourth-order valence-corrected chi connectivity index (χ4v) is 1.37. The molecular weight excluding hydrogens is 138 g/mol. The van der Waals surface area contributed by atoms with Crippen molar-refractivity contribution in [1.82, 2.24) is 0 Å². The Kier molecular flexibility index (Phi) is 1.22. The number of fused-ring (bicyclic) bond motifs is 1. The highest BCUT2D eigenvalue weighted by atomic mass is 16.2. The van der Waals surface area contributed by atoms with Crippen LogP contribution in [0.5, 0.6) is 0 Å². The summed E-state index contributed by atoms with van der Waals surface area (Å²) in [6.07, 6.45) is 0. The number of hydrogen-bond acceptors (Lipinski definition) is 1. The molecule has 0 aliphatic carbocycles. The van der Waals surface area contributed by atoms with Gasteiger partial charge in [-0.15, -0.1) is 0 Å². The second-order valence-electron chi connectivity index (χ2n) is 2.80. The first-order valence-corrected chi connectivity index (χ1v) is 3.69. The zero-order valence-electron chi connectivity index (χ0n) is 6.29. The standard InChI is InChI=1S/C9H9NO/c1-6-7-4-2-3-5-8(7)10-9(6)11/h2-6H,1H3,(H,10,11)/t6-/m0/s1. The molecule has 11 heavy (non-hydrogen) atoms. The number of para-hydroxylation sites is 1. The summed E-state index contributed by atoms with van der Waals surface area (Å²) in [4.78, 5) is 11.1. The van der Waals surface area contributed by atoms with Crippen molar-refractivity contribution in [3.63, 3.8) is 0 Å². The molecule has 0 bridgehead atoms. The van der Waals surface area contributed by atoms with Crippen molar-refractivity contribution in [2.75, 3.05) is 5.32 Å². The minimum atomic E-state index is 0.0196. The molecular formula is C9H9NO. The Balaban J connectivity index is 2.55. The van der Waals surface area contributed by atoms with Gasteiger partial charge in [-0.2, -0.15) is 0 Å². The van der Waals surface area contributed by atoms with Gasteiger partial charge in [0.15, 0.2) is 0 Å². The lowest BCUT2D eigenvalue weighted by Crippen LogP contribution is -2.08. The lowest BCUT2D eigenvalue weighted by Gasteiger charge is -1.97. The van der Waals surface area contributed by atoms with E-state index in [9.17, 15) is 4.79 Å². The van der Waals surface area contributed by atoms with Crippen LogP contribution in [0.2, 0.25) is 0 Å². The van der Waals surface area contributed by atoms with Gasteiger partial charge >= 0.3 is 0 Å². The van der Waals surface area contributed by atoms with Crippen LogP contribution in [0.15, 0.2) is 24.3 Å². The summed E-state index contributed by atoms with van der Waals surface area (Å²) in [7, 11) is 0. The number of anilines is 1. The van der Waals surface area contributed by atoms with Crippen molar-refractivity contribution in [3.05, 3.63) is 29.8 Å². The van der Waals surface area contributed by atoms with Gasteiger partial charge < -0.3 is 5.32 Å². The normalized spacial score (nSPS) is 21.2. The summed E-state index contributed by atoms with van der Waals surface area (Å²) in [6, 6.07) is 7.79. The van der Waals surface area contributed by atoms with E-state index in [4.69, 9.17) is 0 Å². The third-order valence-corrected chi connectivity index (χ3v) is 2.08. The third-order valence-electron chi connectivity index (χ3n) is 2.08. The van der Waals surface area contributed by atoms with Crippen LogP contribution in [0.1, 0.15) is 18.4 Å². The molecule has 56 valence electrons. The van der Waals surface area contributed by atoms with Gasteiger partial charge in [-0.3, -0.25) is 4.79 Å². The molecule has 1 atom stereocenters. The Morgan fingerprint density at radius 1 is 1.36 bits per heavy atom. The Labute approximate surface area is 65.2 Å². The van der Waals surface area contributed by atoms with Crippen LogP contribution >= 0.6 is 0 Å². The van der Waals surface area contributed by atoms with Crippen molar-refractivity contribution in [2.45, 2.75) is 12.8 Å². The fourth-order valence-electron chi connectivity index (χ4n) is 1.37. The minimum absolute atomic E-state index is 0.0196. The molecule has 1 aromatic carbocycles. The van der Waals surface area contributed by atoms with Gasteiger partial charge in [0.25, 0.3) is 0 Å². The SMILES string of the molecule is C[C@@H]1C(=O)Nc2ccccc21. The van der Waals surface area contributed by atoms with E-state index in [2.05, 4.69) is 5.32 Å². The summed E-state index contributed by atoms with van der Waals surface area (Å²) in [5, 5.41) is 2.81. The number of amides is 1. The first-order valence-electron chi connectivity index (χ1n) is 3.69. The molecule has 1 N–H and O–H groups in total. The van der Waals surface area contributed by atoms with Crippen LogP contribution < -0.4 is 5.32 Å². The van der Waals surface area contributed by atoms with Crippen LogP contribution in [-0.2, 0) is 4.79 Å². The van der Waals surface area contributed by atoms with E-state index in [1.807, 2.05) is 31.2 Å². The smallest absolute Gasteiger partial charge is 0.231 e. The maximum absolute atomic E-state index is 11.1. The predicted octanol–water partition coefficient (Wildman–Crippen LogP) is 1.74. The highest BCUT2D eigenvalue weighted by Crippen LogP contribution is 2.30. The first-order chi connectivity index (χ1) is 5.29. The molecule has 2 rings (SSSR count). The molecule has 0 fully saturated rings. The average molecular weight is 147 g/mol. The quantitative estimate of drug-likeness (QED) is 0.595. The zero-order chi connectivity index (χ0) is 7.84. The number of benzene rings is 1. The van der Waals surface area contributed by atoms with Crippen molar-refractivity contribution >= 4 is 11.6 Å². The molecule has 0 radical (unpaired) electrons. The predicted molar refractivity (Wildman–Crippen MR) is 43.5 cm³/mol. The van der Waals surface area contributed by atoms with E-state index in [0.717, 1.165) is 11.3 Å². The number of carbonyl (C=O) groups is 1. The summed E-state index contributed by atoms with van der Waals surface area (Å²) in [5.41, 5.74) is 2.07. The molecule has 2 heteroatoms. The molecule has 0 unspecified atom stereocenters. The van der Waals surface area contributed by atoms with Gasteiger partial charge in [0.05, 0.1) is 5.92 Å². The maximum Gasteiger partial charge on any atom is 0.231 e. The molecule has 1 aliphatic rings. The number of hydrogen-bond donors (Lipinski definition) is 1. The molecule has 0 saturated heterocycles. The Bertz CT molecular complexity index is 306. The summed E-state index contributed by atoms with van der Waals surface area (Å²) < 4.78 is 0. The molecule has 0 spiro atoms. The number of rotatable bonds is 0. The lowest BCUT2D eigenvalue weighted by molar-refractivity contribution is -0.116. The lowest BCUT2D eigenvalue weighted by atomic mass is 10.0. The largest absolute Gasteiger partial charge is 0.325 e. The Morgan fingerprint density at radius 3 is 2.82 bits per heavy atom. The maximum atomic E-state index is 11.1. The van der Waals surface area contributed by atoms with Crippen LogP contribution in [0.3, 0.4) is 0 Å². The molecule has 1 heterocycles. The van der Waals surface area contributed by atoms with E-state index in [1.165, 1.54) is 0 Å². The van der Waals surface area contributed by atoms with E-state index in [1.54, 1.807) is 0 Å². The van der Waals surface area contributed by atoms with Crippen molar-refractivity contribution < 1.29 is 4.79 Å². The molecule has 0 saturated carbocycles. The Morgan fingerprint density at radius 2 is 2.09 bits per heavy atom. The highest BCUT2D eigenvalue weighted by molar-refractivity contribution is 6.02. The molecule has 1 aromatic rings. The topological polar surface area (TPSA) is 29.1 Å². The van der Waals surface area contributed by atoms with Gasteiger partial charge in [-0.05, 0) is 18.6 Å².